The Balaban J connectivity index is 1.44. The molecule has 36 heavy (non-hydrogen) atoms. The third kappa shape index (κ3) is 8.50. The highest BCUT2D eigenvalue weighted by molar-refractivity contribution is 7.80. The number of carbonyl (C=O) groups excluding carboxylic acids is 2. The molecule has 0 saturated carbocycles. The van der Waals surface area contributed by atoms with Gasteiger partial charge in [0.1, 0.15) is 5.75 Å². The number of aryl methyl sites for hydroxylation is 1. The van der Waals surface area contributed by atoms with E-state index in [1.807, 2.05) is 25.1 Å². The number of anilines is 2. The number of thiocarbonyl (C=S) groups is 1. The monoisotopic (exact) mass is 503 g/mol. The first-order chi connectivity index (χ1) is 17.5. The van der Waals surface area contributed by atoms with E-state index < -0.39 is 0 Å². The second kappa shape index (κ2) is 14.0. The van der Waals surface area contributed by atoms with Gasteiger partial charge in [-0.1, -0.05) is 50.8 Å². The Morgan fingerprint density at radius 3 is 2.08 bits per heavy atom. The summed E-state index contributed by atoms with van der Waals surface area (Å²) in [7, 11) is 0. The smallest absolute Gasteiger partial charge is 0.257 e. The quantitative estimate of drug-likeness (QED) is 0.200. The Morgan fingerprint density at radius 2 is 1.42 bits per heavy atom. The summed E-state index contributed by atoms with van der Waals surface area (Å²) in [6.45, 7) is 4.78. The minimum absolute atomic E-state index is 0.167. The molecule has 3 aromatic rings. The van der Waals surface area contributed by atoms with Crippen LogP contribution in [0.25, 0.3) is 0 Å². The molecule has 0 spiro atoms. The lowest BCUT2D eigenvalue weighted by Crippen LogP contribution is -2.34. The zero-order valence-corrected chi connectivity index (χ0v) is 21.6. The third-order valence-electron chi connectivity index (χ3n) is 5.65. The molecule has 0 bridgehead atoms. The molecule has 0 atom stereocenters. The highest BCUT2D eigenvalue weighted by Gasteiger charge is 2.10. The Bertz CT molecular complexity index is 1160. The van der Waals surface area contributed by atoms with Crippen LogP contribution in [0.3, 0.4) is 0 Å². The highest BCUT2D eigenvalue weighted by atomic mass is 32.1. The number of amides is 2. The molecule has 6 nitrogen and oxygen atoms in total. The van der Waals surface area contributed by atoms with Crippen LogP contribution in [-0.4, -0.2) is 23.5 Å². The summed E-state index contributed by atoms with van der Waals surface area (Å²) in [5.74, 6) is 0.276. The largest absolute Gasteiger partial charge is 0.494 e. The number of carbonyl (C=O) groups is 2. The van der Waals surface area contributed by atoms with Crippen LogP contribution in [0, 0.1) is 6.92 Å². The lowest BCUT2D eigenvalue weighted by molar-refractivity contribution is 0.0976. The summed E-state index contributed by atoms with van der Waals surface area (Å²) in [4.78, 5) is 25.0. The number of ether oxygens (including phenoxy) is 1. The minimum atomic E-state index is -0.305. The fourth-order valence-electron chi connectivity index (χ4n) is 3.60. The lowest BCUT2D eigenvalue weighted by Gasteiger charge is -2.12. The van der Waals surface area contributed by atoms with Crippen molar-refractivity contribution in [2.24, 2.45) is 0 Å². The number of benzene rings is 3. The first-order valence-corrected chi connectivity index (χ1v) is 12.7. The predicted molar refractivity (Wildman–Crippen MR) is 150 cm³/mol. The van der Waals surface area contributed by atoms with Gasteiger partial charge in [-0.3, -0.25) is 14.9 Å². The van der Waals surface area contributed by atoms with Gasteiger partial charge >= 0.3 is 0 Å². The van der Waals surface area contributed by atoms with Crippen LogP contribution >= 0.6 is 12.2 Å². The van der Waals surface area contributed by atoms with Crippen LogP contribution in [-0.2, 0) is 0 Å². The maximum atomic E-state index is 12.5. The third-order valence-corrected chi connectivity index (χ3v) is 5.85. The summed E-state index contributed by atoms with van der Waals surface area (Å²) >= 11 is 5.28. The van der Waals surface area contributed by atoms with Crippen molar-refractivity contribution in [3.8, 4) is 5.75 Å². The van der Waals surface area contributed by atoms with Crippen LogP contribution in [0.4, 0.5) is 11.4 Å². The van der Waals surface area contributed by atoms with Crippen LogP contribution in [0.1, 0.15) is 65.3 Å². The average molecular weight is 504 g/mol. The molecule has 0 aliphatic rings. The predicted octanol–water partition coefficient (Wildman–Crippen LogP) is 6.72. The van der Waals surface area contributed by atoms with E-state index in [9.17, 15) is 9.59 Å². The first-order valence-electron chi connectivity index (χ1n) is 12.3. The van der Waals surface area contributed by atoms with Crippen LogP contribution in [0.2, 0.25) is 0 Å². The highest BCUT2D eigenvalue weighted by Crippen LogP contribution is 2.17. The Morgan fingerprint density at radius 1 is 0.778 bits per heavy atom. The van der Waals surface area contributed by atoms with E-state index in [2.05, 4.69) is 22.9 Å². The summed E-state index contributed by atoms with van der Waals surface area (Å²) in [5, 5.41) is 8.73. The van der Waals surface area contributed by atoms with Crippen LogP contribution in [0.15, 0.2) is 72.8 Å². The zero-order valence-electron chi connectivity index (χ0n) is 20.8. The standard InChI is InChI=1S/C29H33N3O3S/c1-3-4-5-6-9-20-35-25-18-12-22(13-19-25)27(33)32-29(36)31-24-16-14-23(15-17-24)30-28(34)26-11-8-7-10-21(26)2/h7-8,10-19H,3-6,9,20H2,1-2H3,(H,30,34)(H2,31,32,33,36). The van der Waals surface area contributed by atoms with Crippen molar-refractivity contribution in [1.29, 1.82) is 0 Å². The molecular weight excluding hydrogens is 470 g/mol. The van der Waals surface area contributed by atoms with Gasteiger partial charge in [-0.05, 0) is 85.7 Å². The first kappa shape index (κ1) is 26.9. The zero-order chi connectivity index (χ0) is 25.8. The summed E-state index contributed by atoms with van der Waals surface area (Å²) < 4.78 is 5.75. The average Bonchev–Trinajstić information content (AvgIpc) is 2.88. The molecule has 0 aromatic heterocycles. The Hall–Kier alpha value is -3.71. The van der Waals surface area contributed by atoms with E-state index >= 15 is 0 Å². The molecule has 188 valence electrons. The molecular formula is C29H33N3O3S. The molecule has 2 amide bonds. The molecule has 0 heterocycles. The summed E-state index contributed by atoms with van der Waals surface area (Å²) in [6.07, 6.45) is 5.93. The molecule has 3 aromatic carbocycles. The van der Waals surface area contributed by atoms with Gasteiger partial charge in [-0.25, -0.2) is 0 Å². The number of hydrogen-bond acceptors (Lipinski definition) is 4. The summed E-state index contributed by atoms with van der Waals surface area (Å²) in [6, 6.07) is 21.5. The van der Waals surface area contributed by atoms with Crippen molar-refractivity contribution >= 4 is 40.5 Å². The van der Waals surface area contributed by atoms with Crippen LogP contribution < -0.4 is 20.7 Å². The molecule has 0 saturated heterocycles. The fraction of sp³-hybridized carbons (Fsp3) is 0.276. The van der Waals surface area contributed by atoms with E-state index in [4.69, 9.17) is 17.0 Å². The fourth-order valence-corrected chi connectivity index (χ4v) is 3.81. The van der Waals surface area contributed by atoms with Gasteiger partial charge in [0.25, 0.3) is 11.8 Å². The molecule has 3 N–H and O–H groups in total. The van der Waals surface area contributed by atoms with Gasteiger partial charge in [0.2, 0.25) is 0 Å². The number of hydrogen-bond donors (Lipinski definition) is 3. The van der Waals surface area contributed by atoms with Crippen LogP contribution in [0.5, 0.6) is 5.75 Å². The van der Waals surface area contributed by atoms with E-state index in [1.165, 1.54) is 25.7 Å². The molecule has 7 heteroatoms. The molecule has 0 aliphatic heterocycles. The molecule has 0 aliphatic carbocycles. The van der Waals surface area contributed by atoms with Crippen molar-refractivity contribution in [2.45, 2.75) is 46.0 Å². The summed E-state index contributed by atoms with van der Waals surface area (Å²) in [5.41, 5.74) is 3.38. The molecule has 3 rings (SSSR count). The van der Waals surface area contributed by atoms with Crippen molar-refractivity contribution in [3.05, 3.63) is 89.5 Å². The van der Waals surface area contributed by atoms with E-state index in [0.29, 0.717) is 29.1 Å². The Labute approximate surface area is 218 Å². The van der Waals surface area contributed by atoms with E-state index in [0.717, 1.165) is 17.7 Å². The maximum absolute atomic E-state index is 12.5. The van der Waals surface area contributed by atoms with Crippen molar-refractivity contribution in [1.82, 2.24) is 5.32 Å². The van der Waals surface area contributed by atoms with Crippen molar-refractivity contribution < 1.29 is 14.3 Å². The van der Waals surface area contributed by atoms with E-state index in [-0.39, 0.29) is 16.9 Å². The Kier molecular flexibility index (Phi) is 10.5. The number of rotatable bonds is 11. The number of unbranched alkanes of at least 4 members (excludes halogenated alkanes) is 4. The van der Waals surface area contributed by atoms with E-state index in [1.54, 1.807) is 54.6 Å². The van der Waals surface area contributed by atoms with Gasteiger partial charge < -0.3 is 15.4 Å². The lowest BCUT2D eigenvalue weighted by atomic mass is 10.1. The van der Waals surface area contributed by atoms with Gasteiger partial charge in [0.05, 0.1) is 6.61 Å². The van der Waals surface area contributed by atoms with Gasteiger partial charge in [0.15, 0.2) is 5.11 Å². The SMILES string of the molecule is CCCCCCCOc1ccc(C(=O)NC(=S)Nc2ccc(NC(=O)c3ccccc3C)cc2)cc1. The van der Waals surface area contributed by atoms with Gasteiger partial charge in [-0.2, -0.15) is 0 Å². The molecule has 0 fully saturated rings. The van der Waals surface area contributed by atoms with Gasteiger partial charge in [0, 0.05) is 22.5 Å². The molecule has 0 unspecified atom stereocenters. The van der Waals surface area contributed by atoms with Crippen molar-refractivity contribution in [2.75, 3.05) is 17.2 Å². The second-order valence-electron chi connectivity index (χ2n) is 8.54. The topological polar surface area (TPSA) is 79.5 Å². The van der Waals surface area contributed by atoms with Crippen molar-refractivity contribution in [3.63, 3.8) is 0 Å². The normalized spacial score (nSPS) is 10.4. The minimum Gasteiger partial charge on any atom is -0.494 e. The second-order valence-corrected chi connectivity index (χ2v) is 8.95. The maximum Gasteiger partial charge on any atom is 0.257 e. The molecule has 0 radical (unpaired) electrons. The number of nitrogens with one attached hydrogen (secondary N) is 3. The van der Waals surface area contributed by atoms with Gasteiger partial charge in [-0.15, -0.1) is 0 Å².